The van der Waals surface area contributed by atoms with Gasteiger partial charge in [-0.1, -0.05) is 13.8 Å². The third-order valence-electron chi connectivity index (χ3n) is 4.79. The Morgan fingerprint density at radius 1 is 1.34 bits per heavy atom. The van der Waals surface area contributed by atoms with Gasteiger partial charge in [-0.2, -0.15) is 4.98 Å². The summed E-state index contributed by atoms with van der Waals surface area (Å²) in [6, 6.07) is 7.46. The zero-order valence-corrected chi connectivity index (χ0v) is 17.6. The fraction of sp³-hybridized carbons (Fsp3) is 0.429. The van der Waals surface area contributed by atoms with Crippen molar-refractivity contribution in [2.24, 2.45) is 0 Å². The first-order chi connectivity index (χ1) is 14.0. The molecule has 7 nitrogen and oxygen atoms in total. The number of carbonyl (C=O) groups is 1. The van der Waals surface area contributed by atoms with Crippen LogP contribution < -0.4 is 4.74 Å². The number of thiazole rings is 1. The van der Waals surface area contributed by atoms with Gasteiger partial charge in [0.1, 0.15) is 18.5 Å². The average molecular weight is 413 g/mol. The van der Waals surface area contributed by atoms with Crippen LogP contribution in [0.3, 0.4) is 0 Å². The molecule has 1 aromatic carbocycles. The number of morpholine rings is 1. The number of aromatic nitrogens is 3. The Bertz CT molecular complexity index is 1020. The van der Waals surface area contributed by atoms with Crippen LogP contribution in [0.1, 0.15) is 41.6 Å². The lowest BCUT2D eigenvalue weighted by atomic mass is 10.1. The lowest BCUT2D eigenvalue weighted by Gasteiger charge is -2.32. The maximum Gasteiger partial charge on any atom is 0.254 e. The van der Waals surface area contributed by atoms with Crippen molar-refractivity contribution in [1.29, 1.82) is 0 Å². The van der Waals surface area contributed by atoms with Crippen molar-refractivity contribution in [2.45, 2.75) is 32.8 Å². The summed E-state index contributed by atoms with van der Waals surface area (Å²) in [5, 5.41) is 0. The molecule has 1 amide bonds. The van der Waals surface area contributed by atoms with Crippen molar-refractivity contribution in [2.75, 3.05) is 26.3 Å². The van der Waals surface area contributed by atoms with E-state index in [1.807, 2.05) is 36.1 Å². The van der Waals surface area contributed by atoms with Crippen LogP contribution in [0.25, 0.3) is 10.2 Å². The minimum atomic E-state index is -0.197. The third-order valence-corrected chi connectivity index (χ3v) is 5.58. The standard InChI is InChI=1S/C21H24N4O3S/c1-13(2)20-23-14(3)8-19(24-20)28-11-16-10-25(6-7-27-16)21(26)15-4-5-17-18(9-15)29-12-22-17/h4-5,8-9,12-13,16H,6-7,10-11H2,1-3H3. The van der Waals surface area contributed by atoms with E-state index in [1.165, 1.54) is 11.3 Å². The SMILES string of the molecule is Cc1cc(OCC2CN(C(=O)c3ccc4ncsc4c3)CCO2)nc(C(C)C)n1. The van der Waals surface area contributed by atoms with Gasteiger partial charge in [0.2, 0.25) is 5.88 Å². The summed E-state index contributed by atoms with van der Waals surface area (Å²) < 4.78 is 12.7. The van der Waals surface area contributed by atoms with E-state index in [1.54, 1.807) is 5.51 Å². The monoisotopic (exact) mass is 412 g/mol. The molecule has 2 aromatic heterocycles. The zero-order chi connectivity index (χ0) is 20.4. The molecule has 8 heteroatoms. The van der Waals surface area contributed by atoms with Crippen LogP contribution in [0.5, 0.6) is 5.88 Å². The maximum atomic E-state index is 12.9. The molecule has 0 N–H and O–H groups in total. The first-order valence-corrected chi connectivity index (χ1v) is 10.6. The van der Waals surface area contributed by atoms with Crippen LogP contribution >= 0.6 is 11.3 Å². The molecule has 1 saturated heterocycles. The Hall–Kier alpha value is -2.58. The third kappa shape index (κ3) is 4.54. The number of benzene rings is 1. The van der Waals surface area contributed by atoms with E-state index in [9.17, 15) is 4.79 Å². The first-order valence-electron chi connectivity index (χ1n) is 9.72. The fourth-order valence-corrected chi connectivity index (χ4v) is 3.96. The number of hydrogen-bond donors (Lipinski definition) is 0. The topological polar surface area (TPSA) is 77.4 Å². The van der Waals surface area contributed by atoms with Crippen molar-refractivity contribution in [1.82, 2.24) is 19.9 Å². The van der Waals surface area contributed by atoms with Gasteiger partial charge < -0.3 is 14.4 Å². The Labute approximate surface area is 173 Å². The lowest BCUT2D eigenvalue weighted by Crippen LogP contribution is -2.47. The van der Waals surface area contributed by atoms with E-state index in [2.05, 4.69) is 28.8 Å². The molecular weight excluding hydrogens is 388 g/mol. The van der Waals surface area contributed by atoms with Crippen LogP contribution in [0, 0.1) is 6.92 Å². The Morgan fingerprint density at radius 3 is 3.03 bits per heavy atom. The van der Waals surface area contributed by atoms with E-state index in [0.29, 0.717) is 37.7 Å². The van der Waals surface area contributed by atoms with Crippen molar-refractivity contribution in [3.8, 4) is 5.88 Å². The molecule has 0 aliphatic carbocycles. The molecule has 0 bridgehead atoms. The van der Waals surface area contributed by atoms with Gasteiger partial charge >= 0.3 is 0 Å². The molecule has 1 aliphatic rings. The molecule has 0 spiro atoms. The van der Waals surface area contributed by atoms with Crippen molar-refractivity contribution >= 4 is 27.5 Å². The van der Waals surface area contributed by atoms with Crippen molar-refractivity contribution in [3.05, 3.63) is 46.9 Å². The number of fused-ring (bicyclic) bond motifs is 1. The van der Waals surface area contributed by atoms with Crippen LogP contribution in [0.2, 0.25) is 0 Å². The summed E-state index contributed by atoms with van der Waals surface area (Å²) in [6.45, 7) is 7.92. The molecule has 29 heavy (non-hydrogen) atoms. The second kappa shape index (κ2) is 8.42. The van der Waals surface area contributed by atoms with Crippen LogP contribution in [0.4, 0.5) is 0 Å². The molecule has 1 fully saturated rings. The smallest absolute Gasteiger partial charge is 0.254 e. The quantitative estimate of drug-likeness (QED) is 0.639. The summed E-state index contributed by atoms with van der Waals surface area (Å²) in [5.74, 6) is 1.55. The highest BCUT2D eigenvalue weighted by Gasteiger charge is 2.26. The van der Waals surface area contributed by atoms with E-state index >= 15 is 0 Å². The first kappa shape index (κ1) is 19.7. The molecule has 3 heterocycles. The van der Waals surface area contributed by atoms with Gasteiger partial charge in [-0.05, 0) is 25.1 Å². The highest BCUT2D eigenvalue weighted by atomic mass is 32.1. The van der Waals surface area contributed by atoms with Gasteiger partial charge in [0, 0.05) is 29.8 Å². The summed E-state index contributed by atoms with van der Waals surface area (Å²) >= 11 is 1.54. The van der Waals surface area contributed by atoms with E-state index in [-0.39, 0.29) is 17.9 Å². The molecule has 152 valence electrons. The summed E-state index contributed by atoms with van der Waals surface area (Å²) in [6.07, 6.45) is -0.197. The van der Waals surface area contributed by atoms with E-state index < -0.39 is 0 Å². The zero-order valence-electron chi connectivity index (χ0n) is 16.8. The molecule has 1 aliphatic heterocycles. The number of carbonyl (C=O) groups excluding carboxylic acids is 1. The maximum absolute atomic E-state index is 12.9. The van der Waals surface area contributed by atoms with Crippen LogP contribution in [-0.4, -0.2) is 58.2 Å². The lowest BCUT2D eigenvalue weighted by molar-refractivity contribution is -0.0407. The fourth-order valence-electron chi connectivity index (χ4n) is 3.25. The van der Waals surface area contributed by atoms with Gasteiger partial charge in [0.25, 0.3) is 5.91 Å². The highest BCUT2D eigenvalue weighted by molar-refractivity contribution is 7.16. The van der Waals surface area contributed by atoms with Gasteiger partial charge in [-0.15, -0.1) is 11.3 Å². The second-order valence-electron chi connectivity index (χ2n) is 7.45. The molecule has 1 atom stereocenters. The molecular formula is C21H24N4O3S. The molecule has 0 radical (unpaired) electrons. The predicted octanol–water partition coefficient (Wildman–Crippen LogP) is 3.44. The Balaban J connectivity index is 1.40. The number of aryl methyl sites for hydroxylation is 1. The van der Waals surface area contributed by atoms with Gasteiger partial charge in [-0.25, -0.2) is 9.97 Å². The molecule has 3 aromatic rings. The number of ether oxygens (including phenoxy) is 2. The van der Waals surface area contributed by atoms with Gasteiger partial charge in [-0.3, -0.25) is 4.79 Å². The Morgan fingerprint density at radius 2 is 2.21 bits per heavy atom. The minimum absolute atomic E-state index is 0.00794. The molecule has 1 unspecified atom stereocenters. The number of hydrogen-bond acceptors (Lipinski definition) is 7. The Kier molecular flexibility index (Phi) is 5.73. The van der Waals surface area contributed by atoms with Gasteiger partial charge in [0.15, 0.2) is 0 Å². The molecule has 4 rings (SSSR count). The van der Waals surface area contributed by atoms with Gasteiger partial charge in [0.05, 0.1) is 28.9 Å². The summed E-state index contributed by atoms with van der Waals surface area (Å²) in [5.41, 5.74) is 4.26. The van der Waals surface area contributed by atoms with Crippen LogP contribution in [-0.2, 0) is 4.74 Å². The van der Waals surface area contributed by atoms with E-state index in [4.69, 9.17) is 9.47 Å². The van der Waals surface area contributed by atoms with Crippen LogP contribution in [0.15, 0.2) is 29.8 Å². The highest BCUT2D eigenvalue weighted by Crippen LogP contribution is 2.21. The number of rotatable bonds is 5. The predicted molar refractivity (Wildman–Crippen MR) is 112 cm³/mol. The van der Waals surface area contributed by atoms with E-state index in [0.717, 1.165) is 21.7 Å². The molecule has 0 saturated carbocycles. The minimum Gasteiger partial charge on any atom is -0.475 e. The normalized spacial score (nSPS) is 17.1. The average Bonchev–Trinajstić information content (AvgIpc) is 3.19. The van der Waals surface area contributed by atoms with Crippen molar-refractivity contribution in [3.63, 3.8) is 0 Å². The summed E-state index contributed by atoms with van der Waals surface area (Å²) in [4.78, 5) is 27.9. The largest absolute Gasteiger partial charge is 0.475 e. The second-order valence-corrected chi connectivity index (χ2v) is 8.34. The number of nitrogens with zero attached hydrogens (tertiary/aromatic N) is 4. The van der Waals surface area contributed by atoms with Crippen molar-refractivity contribution < 1.29 is 14.3 Å². The summed E-state index contributed by atoms with van der Waals surface area (Å²) in [7, 11) is 0. The number of amides is 1.